The maximum absolute atomic E-state index is 5.98. The minimum atomic E-state index is 0.0952. The lowest BCUT2D eigenvalue weighted by atomic mass is 10.1. The predicted octanol–water partition coefficient (Wildman–Crippen LogP) is 1.29. The molecule has 118 valence electrons. The second-order valence-electron chi connectivity index (χ2n) is 5.72. The van der Waals surface area contributed by atoms with E-state index in [0.717, 1.165) is 43.2 Å². The van der Waals surface area contributed by atoms with Crippen LogP contribution in [0.4, 0.5) is 0 Å². The smallest absolute Gasteiger partial charge is 0.126 e. The molecule has 5 heteroatoms. The molecule has 5 nitrogen and oxygen atoms in total. The number of benzene rings is 1. The van der Waals surface area contributed by atoms with Crippen molar-refractivity contribution < 1.29 is 14.2 Å². The Hall–Kier alpha value is -1.30. The molecule has 1 fully saturated rings. The van der Waals surface area contributed by atoms with Crippen molar-refractivity contribution in [2.75, 3.05) is 40.5 Å². The standard InChI is InChI=1S/C16H26N2O3/c1-12(17)8-13-4-5-14(19-3)9-16(13)21-11-15-10-18(2)6-7-20-15/h4-5,9,12,15H,6-8,10-11,17H2,1-3H3. The van der Waals surface area contributed by atoms with Crippen LogP contribution in [0.1, 0.15) is 12.5 Å². The first kappa shape index (κ1) is 16.1. The minimum absolute atomic E-state index is 0.0952. The van der Waals surface area contributed by atoms with Gasteiger partial charge in [0.1, 0.15) is 24.2 Å². The molecule has 2 rings (SSSR count). The zero-order valence-electron chi connectivity index (χ0n) is 13.2. The van der Waals surface area contributed by atoms with Gasteiger partial charge in [-0.3, -0.25) is 0 Å². The zero-order chi connectivity index (χ0) is 15.2. The lowest BCUT2D eigenvalue weighted by molar-refractivity contribution is -0.0405. The molecule has 0 spiro atoms. The second kappa shape index (κ2) is 7.64. The minimum Gasteiger partial charge on any atom is -0.497 e. The highest BCUT2D eigenvalue weighted by molar-refractivity contribution is 5.41. The van der Waals surface area contributed by atoms with Crippen LogP contribution < -0.4 is 15.2 Å². The summed E-state index contributed by atoms with van der Waals surface area (Å²) in [6, 6.07) is 5.98. The van der Waals surface area contributed by atoms with Crippen LogP contribution in [0.25, 0.3) is 0 Å². The first-order chi connectivity index (χ1) is 10.1. The molecule has 1 saturated heterocycles. The zero-order valence-corrected chi connectivity index (χ0v) is 13.2. The topological polar surface area (TPSA) is 57.0 Å². The van der Waals surface area contributed by atoms with Gasteiger partial charge in [-0.2, -0.15) is 0 Å². The Kier molecular flexibility index (Phi) is 5.85. The lowest BCUT2D eigenvalue weighted by Crippen LogP contribution is -2.42. The molecule has 1 aliphatic heterocycles. The fourth-order valence-electron chi connectivity index (χ4n) is 2.46. The molecule has 1 aromatic carbocycles. The summed E-state index contributed by atoms with van der Waals surface area (Å²) >= 11 is 0. The number of methoxy groups -OCH3 is 1. The van der Waals surface area contributed by atoms with Crippen molar-refractivity contribution in [2.24, 2.45) is 5.73 Å². The maximum Gasteiger partial charge on any atom is 0.126 e. The summed E-state index contributed by atoms with van der Waals surface area (Å²) in [6.07, 6.45) is 0.892. The van der Waals surface area contributed by atoms with Gasteiger partial charge in [-0.1, -0.05) is 6.07 Å². The highest BCUT2D eigenvalue weighted by Crippen LogP contribution is 2.26. The van der Waals surface area contributed by atoms with Crippen LogP contribution in [0.5, 0.6) is 11.5 Å². The Morgan fingerprint density at radius 3 is 2.95 bits per heavy atom. The van der Waals surface area contributed by atoms with E-state index in [9.17, 15) is 0 Å². The lowest BCUT2D eigenvalue weighted by Gasteiger charge is -2.30. The predicted molar refractivity (Wildman–Crippen MR) is 83.1 cm³/mol. The van der Waals surface area contributed by atoms with Crippen LogP contribution in [-0.4, -0.2) is 57.5 Å². The average Bonchev–Trinajstić information content (AvgIpc) is 2.46. The third-order valence-electron chi connectivity index (χ3n) is 3.58. The third kappa shape index (κ3) is 4.88. The van der Waals surface area contributed by atoms with Crippen LogP contribution in [0.15, 0.2) is 18.2 Å². The van der Waals surface area contributed by atoms with E-state index in [-0.39, 0.29) is 12.1 Å². The van der Waals surface area contributed by atoms with Crippen molar-refractivity contribution in [3.8, 4) is 11.5 Å². The van der Waals surface area contributed by atoms with Gasteiger partial charge >= 0.3 is 0 Å². The molecule has 0 aromatic heterocycles. The van der Waals surface area contributed by atoms with Crippen molar-refractivity contribution in [1.29, 1.82) is 0 Å². The Morgan fingerprint density at radius 2 is 2.29 bits per heavy atom. The molecular weight excluding hydrogens is 268 g/mol. The number of hydrogen-bond acceptors (Lipinski definition) is 5. The van der Waals surface area contributed by atoms with Crippen molar-refractivity contribution in [3.05, 3.63) is 23.8 Å². The molecule has 0 saturated carbocycles. The van der Waals surface area contributed by atoms with E-state index < -0.39 is 0 Å². The summed E-state index contributed by atoms with van der Waals surface area (Å²) < 4.78 is 17.0. The van der Waals surface area contributed by atoms with Crippen molar-refractivity contribution >= 4 is 0 Å². The number of likely N-dealkylation sites (N-methyl/N-ethyl adjacent to an activating group) is 1. The average molecular weight is 294 g/mol. The Morgan fingerprint density at radius 1 is 1.48 bits per heavy atom. The molecule has 1 aliphatic rings. The Balaban J connectivity index is 2.02. The number of nitrogens with zero attached hydrogens (tertiary/aromatic N) is 1. The first-order valence-corrected chi connectivity index (χ1v) is 7.44. The quantitative estimate of drug-likeness (QED) is 0.857. The summed E-state index contributed by atoms with van der Waals surface area (Å²) in [4.78, 5) is 2.26. The number of nitrogens with two attached hydrogens (primary N) is 1. The Labute approximate surface area is 127 Å². The summed E-state index contributed by atoms with van der Waals surface area (Å²) in [6.45, 7) is 5.17. The van der Waals surface area contributed by atoms with E-state index in [2.05, 4.69) is 11.9 Å². The van der Waals surface area contributed by atoms with Gasteiger partial charge in [0, 0.05) is 25.2 Å². The van der Waals surface area contributed by atoms with E-state index >= 15 is 0 Å². The van der Waals surface area contributed by atoms with E-state index in [1.807, 2.05) is 25.1 Å². The monoisotopic (exact) mass is 294 g/mol. The first-order valence-electron chi connectivity index (χ1n) is 7.44. The van der Waals surface area contributed by atoms with Gasteiger partial charge in [0.2, 0.25) is 0 Å². The largest absolute Gasteiger partial charge is 0.497 e. The van der Waals surface area contributed by atoms with Crippen LogP contribution in [0.2, 0.25) is 0 Å². The number of morpholine rings is 1. The summed E-state index contributed by atoms with van der Waals surface area (Å²) in [5, 5.41) is 0. The highest BCUT2D eigenvalue weighted by atomic mass is 16.5. The van der Waals surface area contributed by atoms with Crippen LogP contribution in [0, 0.1) is 0 Å². The van der Waals surface area contributed by atoms with Crippen LogP contribution >= 0.6 is 0 Å². The van der Waals surface area contributed by atoms with Gasteiger partial charge < -0.3 is 24.8 Å². The van der Waals surface area contributed by atoms with Crippen molar-refractivity contribution in [2.45, 2.75) is 25.5 Å². The van der Waals surface area contributed by atoms with Crippen molar-refractivity contribution in [3.63, 3.8) is 0 Å². The normalized spacial score (nSPS) is 21.0. The summed E-state index contributed by atoms with van der Waals surface area (Å²) in [7, 11) is 3.76. The summed E-state index contributed by atoms with van der Waals surface area (Å²) in [5.41, 5.74) is 7.01. The van der Waals surface area contributed by atoms with Gasteiger partial charge in [-0.15, -0.1) is 0 Å². The van der Waals surface area contributed by atoms with Gasteiger partial charge in [-0.05, 0) is 32.0 Å². The van der Waals surface area contributed by atoms with Gasteiger partial charge in [0.25, 0.3) is 0 Å². The van der Waals surface area contributed by atoms with E-state index in [0.29, 0.717) is 6.61 Å². The Bertz CT molecular complexity index is 451. The van der Waals surface area contributed by atoms with Gasteiger partial charge in [0.05, 0.1) is 13.7 Å². The molecule has 0 radical (unpaired) electrons. The fourth-order valence-corrected chi connectivity index (χ4v) is 2.46. The van der Waals surface area contributed by atoms with Crippen molar-refractivity contribution in [1.82, 2.24) is 4.90 Å². The molecule has 2 N–H and O–H groups in total. The maximum atomic E-state index is 5.98. The van der Waals surface area contributed by atoms with Gasteiger partial charge in [0.15, 0.2) is 0 Å². The SMILES string of the molecule is COc1ccc(CC(C)N)c(OCC2CN(C)CCO2)c1. The summed E-state index contributed by atoms with van der Waals surface area (Å²) in [5.74, 6) is 1.63. The number of hydrogen-bond donors (Lipinski definition) is 1. The molecule has 2 unspecified atom stereocenters. The molecule has 0 bridgehead atoms. The number of ether oxygens (including phenoxy) is 3. The molecule has 1 aromatic rings. The fraction of sp³-hybridized carbons (Fsp3) is 0.625. The molecular formula is C16H26N2O3. The second-order valence-corrected chi connectivity index (χ2v) is 5.72. The van der Waals surface area contributed by atoms with E-state index in [1.54, 1.807) is 7.11 Å². The van der Waals surface area contributed by atoms with E-state index in [4.69, 9.17) is 19.9 Å². The highest BCUT2D eigenvalue weighted by Gasteiger charge is 2.19. The van der Waals surface area contributed by atoms with E-state index in [1.165, 1.54) is 0 Å². The molecule has 0 amide bonds. The molecule has 0 aliphatic carbocycles. The van der Waals surface area contributed by atoms with Crippen LogP contribution in [-0.2, 0) is 11.2 Å². The van der Waals surface area contributed by atoms with Gasteiger partial charge in [-0.25, -0.2) is 0 Å². The molecule has 21 heavy (non-hydrogen) atoms. The third-order valence-corrected chi connectivity index (χ3v) is 3.58. The number of rotatable bonds is 6. The molecule has 2 atom stereocenters. The van der Waals surface area contributed by atoms with Crippen LogP contribution in [0.3, 0.4) is 0 Å². The molecule has 1 heterocycles.